The van der Waals surface area contributed by atoms with Crippen molar-refractivity contribution in [3.05, 3.63) is 70.5 Å². The van der Waals surface area contributed by atoms with Gasteiger partial charge in [-0.1, -0.05) is 53.9 Å². The van der Waals surface area contributed by atoms with Gasteiger partial charge in [0.05, 0.1) is 18.4 Å². The lowest BCUT2D eigenvalue weighted by Crippen LogP contribution is -2.46. The maximum atomic E-state index is 8.44. The van der Waals surface area contributed by atoms with Gasteiger partial charge >= 0.3 is 0 Å². The summed E-state index contributed by atoms with van der Waals surface area (Å²) in [5, 5.41) is -0.313. The van der Waals surface area contributed by atoms with E-state index in [1.165, 1.54) is 0 Å². The first kappa shape index (κ1) is 7.28. The fourth-order valence-electron chi connectivity index (χ4n) is 2.43. The van der Waals surface area contributed by atoms with Crippen molar-refractivity contribution in [3.63, 3.8) is 0 Å². The molecule has 3 heteroatoms. The summed E-state index contributed by atoms with van der Waals surface area (Å²) >= 11 is 5.96. The van der Waals surface area contributed by atoms with Crippen LogP contribution in [0.15, 0.2) is 54.4 Å². The molecular weight excluding hydrogens is 280 g/mol. The van der Waals surface area contributed by atoms with Gasteiger partial charge in [-0.3, -0.25) is 4.90 Å². The van der Waals surface area contributed by atoms with Gasteiger partial charge in [0, 0.05) is 31.2 Å². The molecule has 0 saturated carbocycles. The van der Waals surface area contributed by atoms with E-state index in [4.69, 9.17) is 23.9 Å². The molecule has 1 fully saturated rings. The minimum absolute atomic E-state index is 0.0440. The highest BCUT2D eigenvalue weighted by Crippen LogP contribution is 2.30. The summed E-state index contributed by atoms with van der Waals surface area (Å²) < 4.78 is 73.8. The number of likely N-dealkylation sites (N-methyl/N-ethyl adjacent to an activating group) is 1. The summed E-state index contributed by atoms with van der Waals surface area (Å²) in [4.78, 5) is 3.92. The Hall–Kier alpha value is -1.35. The van der Waals surface area contributed by atoms with E-state index in [-0.39, 0.29) is 28.2 Å². The first-order valence-corrected chi connectivity index (χ1v) is 7.11. The number of hydrogen-bond acceptors (Lipinski definition) is 2. The molecular formula is C18H21ClN2. The number of piperazine rings is 1. The van der Waals surface area contributed by atoms with Crippen molar-refractivity contribution in [1.82, 2.24) is 9.80 Å². The highest BCUT2D eigenvalue weighted by molar-refractivity contribution is 6.30. The fraction of sp³-hybridized carbons (Fsp3) is 0.333. The molecule has 21 heavy (non-hydrogen) atoms. The van der Waals surface area contributed by atoms with Crippen molar-refractivity contribution >= 4 is 11.6 Å². The van der Waals surface area contributed by atoms with Crippen LogP contribution >= 0.6 is 11.6 Å². The SMILES string of the molecule is [2H]c1c([2H])c([2H])c(C(c2c([2H])c([2H])c(Cl)c([2H])c2[2H])N2CCN(C)CC2)c([2H])c1[2H]. The molecule has 0 radical (unpaired) electrons. The van der Waals surface area contributed by atoms with Gasteiger partial charge < -0.3 is 4.90 Å². The molecule has 3 rings (SSSR count). The van der Waals surface area contributed by atoms with Gasteiger partial charge in [0.15, 0.2) is 0 Å². The predicted molar refractivity (Wildman–Crippen MR) is 88.8 cm³/mol. The Balaban J connectivity index is 2.37. The second-order valence-corrected chi connectivity index (χ2v) is 5.39. The Kier molecular flexibility index (Phi) is 2.29. The highest BCUT2D eigenvalue weighted by Gasteiger charge is 2.25. The van der Waals surface area contributed by atoms with Crippen LogP contribution < -0.4 is 0 Å². The Bertz CT molecular complexity index is 879. The number of rotatable bonds is 3. The minimum atomic E-state index is -1.04. The average molecular weight is 310 g/mol. The normalized spacial score (nSPS) is 24.6. The van der Waals surface area contributed by atoms with Crippen molar-refractivity contribution < 1.29 is 12.3 Å². The molecule has 1 aliphatic rings. The molecule has 0 bridgehead atoms. The predicted octanol–water partition coefficient (Wildman–Crippen LogP) is 3.68. The van der Waals surface area contributed by atoms with Gasteiger partial charge in [-0.15, -0.1) is 0 Å². The molecule has 0 aromatic heterocycles. The Labute approximate surface area is 144 Å². The van der Waals surface area contributed by atoms with Crippen molar-refractivity contribution in [2.45, 2.75) is 6.04 Å². The molecule has 1 atom stereocenters. The van der Waals surface area contributed by atoms with Gasteiger partial charge in [0.1, 0.15) is 0 Å². The summed E-state index contributed by atoms with van der Waals surface area (Å²) in [5.41, 5.74) is -0.105. The standard InChI is InChI=1S/C18H21ClN2/c1-20-11-13-21(14-12-20)18(15-5-3-2-4-6-15)16-7-9-17(19)10-8-16/h2-10,18H,11-14H2,1H3/i2D,3D,4D,5D,6D,7D,8D,9D,10D. The second kappa shape index (κ2) is 6.61. The molecule has 1 heterocycles. The van der Waals surface area contributed by atoms with Gasteiger partial charge in [0.25, 0.3) is 0 Å². The van der Waals surface area contributed by atoms with Gasteiger partial charge in [-0.2, -0.15) is 0 Å². The number of halogens is 1. The van der Waals surface area contributed by atoms with E-state index in [0.29, 0.717) is 26.2 Å². The van der Waals surface area contributed by atoms with Crippen LogP contribution in [0.3, 0.4) is 0 Å². The summed E-state index contributed by atoms with van der Waals surface area (Å²) in [6, 6.07) is -5.01. The molecule has 0 aliphatic carbocycles. The van der Waals surface area contributed by atoms with Crippen LogP contribution in [0, 0.1) is 0 Å². The lowest BCUT2D eigenvalue weighted by atomic mass is 9.96. The molecule has 0 spiro atoms. The highest BCUT2D eigenvalue weighted by atomic mass is 35.5. The van der Waals surface area contributed by atoms with Gasteiger partial charge in [-0.05, 0) is 30.3 Å². The average Bonchev–Trinajstić information content (AvgIpc) is 2.73. The lowest BCUT2D eigenvalue weighted by molar-refractivity contribution is 0.127. The molecule has 110 valence electrons. The molecule has 2 aromatic carbocycles. The van der Waals surface area contributed by atoms with E-state index in [1.54, 1.807) is 0 Å². The fourth-order valence-corrected chi connectivity index (χ4v) is 2.52. The largest absolute Gasteiger partial charge is 0.304 e. The van der Waals surface area contributed by atoms with Crippen LogP contribution in [0.25, 0.3) is 0 Å². The van der Waals surface area contributed by atoms with Crippen molar-refractivity contribution in [2.75, 3.05) is 33.2 Å². The summed E-state index contributed by atoms with van der Waals surface area (Å²) in [5.74, 6) is 0. The first-order valence-electron chi connectivity index (χ1n) is 11.2. The van der Waals surface area contributed by atoms with Crippen molar-refractivity contribution in [2.24, 2.45) is 0 Å². The zero-order valence-corrected chi connectivity index (χ0v) is 12.4. The zero-order valence-electron chi connectivity index (χ0n) is 20.7. The maximum absolute atomic E-state index is 8.44. The smallest absolute Gasteiger partial charge is 0.0639 e. The van der Waals surface area contributed by atoms with Crippen molar-refractivity contribution in [1.29, 1.82) is 0 Å². The Morgan fingerprint density at radius 2 is 1.48 bits per heavy atom. The van der Waals surface area contributed by atoms with Crippen LogP contribution in [-0.4, -0.2) is 43.0 Å². The van der Waals surface area contributed by atoms with E-state index >= 15 is 0 Å². The van der Waals surface area contributed by atoms with E-state index in [1.807, 2.05) is 11.9 Å². The Morgan fingerprint density at radius 1 is 0.905 bits per heavy atom. The molecule has 2 nitrogen and oxygen atoms in total. The summed E-state index contributed by atoms with van der Waals surface area (Å²) in [6.07, 6.45) is 0. The third kappa shape index (κ3) is 3.46. The third-order valence-electron chi connectivity index (χ3n) is 3.58. The molecule has 0 N–H and O–H groups in total. The minimum Gasteiger partial charge on any atom is -0.304 e. The van der Waals surface area contributed by atoms with Crippen LogP contribution in [0.4, 0.5) is 0 Å². The van der Waals surface area contributed by atoms with Crippen molar-refractivity contribution in [3.8, 4) is 0 Å². The third-order valence-corrected chi connectivity index (χ3v) is 3.77. The first-order chi connectivity index (χ1) is 14.0. The topological polar surface area (TPSA) is 6.48 Å². The van der Waals surface area contributed by atoms with E-state index < -0.39 is 48.3 Å². The second-order valence-electron chi connectivity index (χ2n) is 5.01. The molecule has 1 saturated heterocycles. The summed E-state index contributed by atoms with van der Waals surface area (Å²) in [7, 11) is 1.94. The maximum Gasteiger partial charge on any atom is 0.0639 e. The quantitative estimate of drug-likeness (QED) is 0.853. The lowest BCUT2D eigenvalue weighted by Gasteiger charge is -2.38. The van der Waals surface area contributed by atoms with E-state index in [9.17, 15) is 0 Å². The van der Waals surface area contributed by atoms with Gasteiger partial charge in [0.2, 0.25) is 0 Å². The number of benzene rings is 2. The van der Waals surface area contributed by atoms with Crippen LogP contribution in [0.5, 0.6) is 0 Å². The molecule has 1 unspecified atom stereocenters. The van der Waals surface area contributed by atoms with E-state index in [0.717, 1.165) is 0 Å². The van der Waals surface area contributed by atoms with Crippen LogP contribution in [0.2, 0.25) is 5.02 Å². The van der Waals surface area contributed by atoms with Crippen LogP contribution in [0.1, 0.15) is 29.5 Å². The van der Waals surface area contributed by atoms with Crippen LogP contribution in [-0.2, 0) is 0 Å². The summed E-state index contributed by atoms with van der Waals surface area (Å²) in [6.45, 7) is 2.22. The Morgan fingerprint density at radius 3 is 2.10 bits per heavy atom. The molecule has 1 aliphatic heterocycles. The molecule has 2 aromatic rings. The molecule has 0 amide bonds. The monoisotopic (exact) mass is 309 g/mol. The van der Waals surface area contributed by atoms with E-state index in [2.05, 4.69) is 4.90 Å². The number of hydrogen-bond donors (Lipinski definition) is 0. The number of nitrogens with zero attached hydrogens (tertiary/aromatic N) is 2. The van der Waals surface area contributed by atoms with Gasteiger partial charge in [-0.25, -0.2) is 0 Å². The zero-order chi connectivity index (χ0) is 22.5.